The lowest BCUT2D eigenvalue weighted by atomic mass is 10.1. The van der Waals surface area contributed by atoms with E-state index in [1.165, 1.54) is 5.69 Å². The summed E-state index contributed by atoms with van der Waals surface area (Å²) in [5.74, 6) is 0.519. The molecule has 0 heterocycles. The SMILES string of the molecule is COCCN(c1ccc(Br)cc1CCl)C(C)C. The quantitative estimate of drug-likeness (QED) is 0.733. The summed E-state index contributed by atoms with van der Waals surface area (Å²) in [4.78, 5) is 2.31. The number of nitrogens with zero attached hydrogens (tertiary/aromatic N) is 1. The van der Waals surface area contributed by atoms with Crippen molar-refractivity contribution in [3.05, 3.63) is 28.2 Å². The zero-order chi connectivity index (χ0) is 12.8. The molecule has 96 valence electrons. The van der Waals surface area contributed by atoms with Gasteiger partial charge in [-0.3, -0.25) is 0 Å². The van der Waals surface area contributed by atoms with E-state index in [1.54, 1.807) is 7.11 Å². The summed E-state index contributed by atoms with van der Waals surface area (Å²) in [5.41, 5.74) is 2.33. The topological polar surface area (TPSA) is 12.5 Å². The highest BCUT2D eigenvalue weighted by atomic mass is 79.9. The van der Waals surface area contributed by atoms with Gasteiger partial charge in [0.25, 0.3) is 0 Å². The van der Waals surface area contributed by atoms with Crippen molar-refractivity contribution in [1.82, 2.24) is 0 Å². The third-order valence-corrected chi connectivity index (χ3v) is 3.44. The minimum absolute atomic E-state index is 0.424. The van der Waals surface area contributed by atoms with Gasteiger partial charge in [0.2, 0.25) is 0 Å². The predicted molar refractivity (Wildman–Crippen MR) is 78.1 cm³/mol. The molecule has 0 aliphatic heterocycles. The van der Waals surface area contributed by atoms with Crippen molar-refractivity contribution in [3.63, 3.8) is 0 Å². The van der Waals surface area contributed by atoms with Crippen molar-refractivity contribution in [2.24, 2.45) is 0 Å². The van der Waals surface area contributed by atoms with Crippen molar-refractivity contribution >= 4 is 33.2 Å². The van der Waals surface area contributed by atoms with Gasteiger partial charge in [0, 0.05) is 35.7 Å². The van der Waals surface area contributed by atoms with Crippen LogP contribution in [0.5, 0.6) is 0 Å². The molecule has 0 atom stereocenters. The molecule has 0 aliphatic carbocycles. The molecule has 4 heteroatoms. The Morgan fingerprint density at radius 2 is 2.12 bits per heavy atom. The van der Waals surface area contributed by atoms with E-state index in [0.717, 1.165) is 23.2 Å². The second-order valence-corrected chi connectivity index (χ2v) is 5.37. The Bertz CT molecular complexity index is 357. The zero-order valence-corrected chi connectivity index (χ0v) is 12.9. The van der Waals surface area contributed by atoms with Crippen molar-refractivity contribution in [3.8, 4) is 0 Å². The van der Waals surface area contributed by atoms with E-state index in [2.05, 4.69) is 46.8 Å². The molecule has 1 aromatic carbocycles. The van der Waals surface area contributed by atoms with Crippen molar-refractivity contribution < 1.29 is 4.74 Å². The molecule has 0 aromatic heterocycles. The van der Waals surface area contributed by atoms with Gasteiger partial charge >= 0.3 is 0 Å². The maximum atomic E-state index is 6.01. The maximum absolute atomic E-state index is 6.01. The highest BCUT2D eigenvalue weighted by Crippen LogP contribution is 2.27. The Morgan fingerprint density at radius 1 is 1.41 bits per heavy atom. The molecule has 0 aliphatic rings. The lowest BCUT2D eigenvalue weighted by Crippen LogP contribution is -2.34. The molecular weight excluding hydrogens is 302 g/mol. The minimum Gasteiger partial charge on any atom is -0.383 e. The first-order valence-electron chi connectivity index (χ1n) is 5.70. The third kappa shape index (κ3) is 4.16. The molecular formula is C13H19BrClNO. The van der Waals surface area contributed by atoms with Gasteiger partial charge in [-0.05, 0) is 37.6 Å². The molecule has 0 bridgehead atoms. The second-order valence-electron chi connectivity index (χ2n) is 4.19. The molecule has 0 N–H and O–H groups in total. The smallest absolute Gasteiger partial charge is 0.0637 e. The number of benzene rings is 1. The fraction of sp³-hybridized carbons (Fsp3) is 0.538. The van der Waals surface area contributed by atoms with Crippen molar-refractivity contribution in [2.45, 2.75) is 25.8 Å². The van der Waals surface area contributed by atoms with Gasteiger partial charge in [0.05, 0.1) is 6.61 Å². The Hall–Kier alpha value is -0.250. The molecule has 17 heavy (non-hydrogen) atoms. The van der Waals surface area contributed by atoms with Crippen LogP contribution in [0, 0.1) is 0 Å². The maximum Gasteiger partial charge on any atom is 0.0637 e. The lowest BCUT2D eigenvalue weighted by molar-refractivity contribution is 0.204. The first-order valence-corrected chi connectivity index (χ1v) is 7.03. The van der Waals surface area contributed by atoms with E-state index in [4.69, 9.17) is 16.3 Å². The summed E-state index contributed by atoms with van der Waals surface area (Å²) in [7, 11) is 1.72. The van der Waals surface area contributed by atoms with Gasteiger partial charge in [-0.25, -0.2) is 0 Å². The van der Waals surface area contributed by atoms with Crippen LogP contribution < -0.4 is 4.90 Å². The van der Waals surface area contributed by atoms with Gasteiger partial charge in [-0.1, -0.05) is 15.9 Å². The standard InChI is InChI=1S/C13H19BrClNO/c1-10(2)16(6-7-17-3)13-5-4-12(14)8-11(13)9-15/h4-5,8,10H,6-7,9H2,1-3H3. The lowest BCUT2D eigenvalue weighted by Gasteiger charge is -2.30. The minimum atomic E-state index is 0.424. The fourth-order valence-corrected chi connectivity index (χ4v) is 2.41. The van der Waals surface area contributed by atoms with Crippen LogP contribution >= 0.6 is 27.5 Å². The number of alkyl halides is 1. The number of hydrogen-bond acceptors (Lipinski definition) is 2. The number of hydrogen-bond donors (Lipinski definition) is 0. The van der Waals surface area contributed by atoms with Crippen LogP contribution in [0.25, 0.3) is 0 Å². The summed E-state index contributed by atoms with van der Waals surface area (Å²) >= 11 is 9.48. The normalized spacial score (nSPS) is 10.9. The van der Waals surface area contributed by atoms with Crippen molar-refractivity contribution in [2.75, 3.05) is 25.2 Å². The van der Waals surface area contributed by atoms with Gasteiger partial charge in [-0.2, -0.15) is 0 Å². The van der Waals surface area contributed by atoms with Crippen LogP contribution in [0.15, 0.2) is 22.7 Å². The van der Waals surface area contributed by atoms with E-state index < -0.39 is 0 Å². The first-order chi connectivity index (χ1) is 8.10. The number of halogens is 2. The van der Waals surface area contributed by atoms with Gasteiger partial charge in [0.15, 0.2) is 0 Å². The van der Waals surface area contributed by atoms with Crippen LogP contribution in [0.2, 0.25) is 0 Å². The van der Waals surface area contributed by atoms with E-state index in [9.17, 15) is 0 Å². The molecule has 0 fully saturated rings. The summed E-state index contributed by atoms with van der Waals surface area (Å²) in [6.45, 7) is 5.95. The van der Waals surface area contributed by atoms with Gasteiger partial charge in [0.1, 0.15) is 0 Å². The monoisotopic (exact) mass is 319 g/mol. The summed E-state index contributed by atoms with van der Waals surface area (Å²) in [6, 6.07) is 6.66. The molecule has 2 nitrogen and oxygen atoms in total. The zero-order valence-electron chi connectivity index (χ0n) is 10.5. The number of anilines is 1. The molecule has 0 amide bonds. The highest BCUT2D eigenvalue weighted by molar-refractivity contribution is 9.10. The second kappa shape index (κ2) is 7.24. The Morgan fingerprint density at radius 3 is 2.65 bits per heavy atom. The molecule has 1 rings (SSSR count). The largest absolute Gasteiger partial charge is 0.383 e. The van der Waals surface area contributed by atoms with Gasteiger partial charge in [-0.15, -0.1) is 11.6 Å². The Kier molecular flexibility index (Phi) is 6.31. The predicted octanol–water partition coefficient (Wildman–Crippen LogP) is 4.05. The number of ether oxygens (including phenoxy) is 1. The fourth-order valence-electron chi connectivity index (χ4n) is 1.79. The molecule has 0 saturated heterocycles. The average molecular weight is 321 g/mol. The van der Waals surface area contributed by atoms with Gasteiger partial charge < -0.3 is 9.64 Å². The van der Waals surface area contributed by atoms with E-state index in [1.807, 2.05) is 6.07 Å². The van der Waals surface area contributed by atoms with E-state index in [0.29, 0.717) is 11.9 Å². The van der Waals surface area contributed by atoms with Crippen LogP contribution in [0.4, 0.5) is 5.69 Å². The number of methoxy groups -OCH3 is 1. The number of rotatable bonds is 6. The third-order valence-electron chi connectivity index (χ3n) is 2.65. The molecule has 1 aromatic rings. The summed E-state index contributed by atoms with van der Waals surface area (Å²) in [6.07, 6.45) is 0. The van der Waals surface area contributed by atoms with Crippen molar-refractivity contribution in [1.29, 1.82) is 0 Å². The first kappa shape index (κ1) is 14.8. The Balaban J connectivity index is 3.00. The van der Waals surface area contributed by atoms with E-state index >= 15 is 0 Å². The van der Waals surface area contributed by atoms with E-state index in [-0.39, 0.29) is 0 Å². The summed E-state index contributed by atoms with van der Waals surface area (Å²) in [5, 5.41) is 0. The molecule has 0 radical (unpaired) electrons. The van der Waals surface area contributed by atoms with Crippen LogP contribution in [-0.4, -0.2) is 26.3 Å². The molecule has 0 unspecified atom stereocenters. The van der Waals surface area contributed by atoms with Crippen LogP contribution in [0.1, 0.15) is 19.4 Å². The highest BCUT2D eigenvalue weighted by Gasteiger charge is 2.14. The Labute approximate surface area is 117 Å². The van der Waals surface area contributed by atoms with Crippen LogP contribution in [-0.2, 0) is 10.6 Å². The average Bonchev–Trinajstić information content (AvgIpc) is 2.30. The molecule has 0 saturated carbocycles. The molecule has 0 spiro atoms. The van der Waals surface area contributed by atoms with Crippen LogP contribution in [0.3, 0.4) is 0 Å². The summed E-state index contributed by atoms with van der Waals surface area (Å²) < 4.78 is 6.22.